The Morgan fingerprint density at radius 3 is 2.92 bits per heavy atom. The van der Waals surface area contributed by atoms with Gasteiger partial charge in [-0.1, -0.05) is 24.3 Å². The van der Waals surface area contributed by atoms with Gasteiger partial charge in [0.05, 0.1) is 27.5 Å². The smallest absolute Gasteiger partial charge is 0.227 e. The zero-order valence-corrected chi connectivity index (χ0v) is 14.1. The molecule has 0 N–H and O–H groups in total. The van der Waals surface area contributed by atoms with Crippen molar-refractivity contribution in [2.45, 2.75) is 19.3 Å². The minimum Gasteiger partial charge on any atom is -0.490 e. The Morgan fingerprint density at radius 2 is 2.00 bits per heavy atom. The van der Waals surface area contributed by atoms with Crippen molar-refractivity contribution in [1.29, 1.82) is 0 Å². The van der Waals surface area contributed by atoms with E-state index in [1.807, 2.05) is 47.4 Å². The second-order valence-corrected chi connectivity index (χ2v) is 6.91. The Hall–Kier alpha value is -2.40. The lowest BCUT2D eigenvalue weighted by molar-refractivity contribution is -0.118. The summed E-state index contributed by atoms with van der Waals surface area (Å²) in [5.41, 5.74) is 1.93. The molecule has 0 atom stereocenters. The largest absolute Gasteiger partial charge is 0.490 e. The van der Waals surface area contributed by atoms with Crippen LogP contribution in [0.25, 0.3) is 10.2 Å². The van der Waals surface area contributed by atoms with Crippen molar-refractivity contribution in [3.63, 3.8) is 0 Å². The van der Waals surface area contributed by atoms with Gasteiger partial charge in [0.25, 0.3) is 0 Å². The van der Waals surface area contributed by atoms with Crippen LogP contribution in [0.4, 0.5) is 5.69 Å². The molecule has 0 radical (unpaired) electrons. The zero-order chi connectivity index (χ0) is 16.4. The van der Waals surface area contributed by atoms with Crippen LogP contribution in [-0.2, 0) is 11.2 Å². The number of benzene rings is 2. The van der Waals surface area contributed by atoms with E-state index in [-0.39, 0.29) is 5.91 Å². The number of para-hydroxylation sites is 3. The lowest BCUT2D eigenvalue weighted by atomic mass is 10.2. The molecule has 5 heteroatoms. The lowest BCUT2D eigenvalue weighted by Gasteiger charge is -2.29. The van der Waals surface area contributed by atoms with Crippen molar-refractivity contribution in [3.8, 4) is 5.75 Å². The lowest BCUT2D eigenvalue weighted by Crippen LogP contribution is -2.37. The van der Waals surface area contributed by atoms with Gasteiger partial charge in [0.1, 0.15) is 12.4 Å². The summed E-state index contributed by atoms with van der Waals surface area (Å²) in [5, 5.41) is 1.10. The topological polar surface area (TPSA) is 42.4 Å². The third-order valence-corrected chi connectivity index (χ3v) is 5.25. The summed E-state index contributed by atoms with van der Waals surface area (Å²) in [6.45, 7) is 1.18. The van der Waals surface area contributed by atoms with E-state index in [4.69, 9.17) is 4.74 Å². The Labute approximate surface area is 144 Å². The van der Waals surface area contributed by atoms with Crippen LogP contribution in [0.1, 0.15) is 17.8 Å². The molecular formula is C19H18N2O2S. The van der Waals surface area contributed by atoms with E-state index in [0.29, 0.717) is 19.6 Å². The molecule has 122 valence electrons. The quantitative estimate of drug-likeness (QED) is 0.721. The summed E-state index contributed by atoms with van der Waals surface area (Å²) in [4.78, 5) is 19.1. The molecule has 1 aliphatic heterocycles. The fourth-order valence-electron chi connectivity index (χ4n) is 2.98. The van der Waals surface area contributed by atoms with Gasteiger partial charge in [-0.2, -0.15) is 0 Å². The number of carbonyl (C=O) groups is 1. The summed E-state index contributed by atoms with van der Waals surface area (Å²) in [6.07, 6.45) is 2.19. The summed E-state index contributed by atoms with van der Waals surface area (Å²) in [5.74, 6) is 0.954. The number of rotatable bonds is 4. The third-order valence-electron chi connectivity index (χ3n) is 4.15. The van der Waals surface area contributed by atoms with Crippen LogP contribution < -0.4 is 9.64 Å². The van der Waals surface area contributed by atoms with Crippen molar-refractivity contribution < 1.29 is 9.53 Å². The fraction of sp³-hybridized carbons (Fsp3) is 0.263. The van der Waals surface area contributed by atoms with Crippen LogP contribution in [0, 0.1) is 0 Å². The maximum absolute atomic E-state index is 12.6. The number of aryl methyl sites for hydroxylation is 1. The van der Waals surface area contributed by atoms with Crippen LogP contribution in [0.5, 0.6) is 5.75 Å². The number of anilines is 1. The first-order valence-corrected chi connectivity index (χ1v) is 8.99. The molecule has 0 unspecified atom stereocenters. The predicted octanol–water partition coefficient (Wildman–Crippen LogP) is 4.04. The van der Waals surface area contributed by atoms with Crippen LogP contribution in [0.15, 0.2) is 48.5 Å². The molecule has 0 saturated heterocycles. The van der Waals surface area contributed by atoms with Crippen LogP contribution >= 0.6 is 11.3 Å². The standard InChI is InChI=1S/C19H18N2O2S/c22-19(21-12-13-23-16-8-3-2-7-15(16)21)11-5-10-18-20-14-6-1-4-9-17(14)24-18/h1-4,6-9H,5,10-13H2. The number of ether oxygens (including phenoxy) is 1. The molecule has 0 fully saturated rings. The predicted molar refractivity (Wildman–Crippen MR) is 96.8 cm³/mol. The summed E-state index contributed by atoms with van der Waals surface area (Å²) >= 11 is 1.72. The number of hydrogen-bond donors (Lipinski definition) is 0. The van der Waals surface area contributed by atoms with Crippen LogP contribution in [0.3, 0.4) is 0 Å². The summed E-state index contributed by atoms with van der Waals surface area (Å²) in [7, 11) is 0. The number of fused-ring (bicyclic) bond motifs is 2. The van der Waals surface area contributed by atoms with E-state index < -0.39 is 0 Å². The first kappa shape index (κ1) is 15.1. The van der Waals surface area contributed by atoms with Crippen molar-refractivity contribution in [2.75, 3.05) is 18.1 Å². The monoisotopic (exact) mass is 338 g/mol. The van der Waals surface area contributed by atoms with E-state index in [0.717, 1.165) is 34.8 Å². The highest BCUT2D eigenvalue weighted by atomic mass is 32.1. The molecule has 2 heterocycles. The van der Waals surface area contributed by atoms with E-state index in [1.54, 1.807) is 11.3 Å². The maximum atomic E-state index is 12.6. The average molecular weight is 338 g/mol. The SMILES string of the molecule is O=C(CCCc1nc2ccccc2s1)N1CCOc2ccccc21. The highest BCUT2D eigenvalue weighted by molar-refractivity contribution is 7.18. The minimum absolute atomic E-state index is 0.159. The van der Waals surface area contributed by atoms with Gasteiger partial charge in [0.2, 0.25) is 5.91 Å². The molecule has 24 heavy (non-hydrogen) atoms. The van der Waals surface area contributed by atoms with Gasteiger partial charge >= 0.3 is 0 Å². The number of aromatic nitrogens is 1. The number of amides is 1. The summed E-state index contributed by atoms with van der Waals surface area (Å²) < 4.78 is 6.82. The maximum Gasteiger partial charge on any atom is 0.227 e. The molecule has 0 aliphatic carbocycles. The molecule has 0 bridgehead atoms. The molecule has 0 spiro atoms. The number of nitrogens with zero attached hydrogens (tertiary/aromatic N) is 2. The van der Waals surface area contributed by atoms with E-state index in [2.05, 4.69) is 11.1 Å². The van der Waals surface area contributed by atoms with Crippen LogP contribution in [0.2, 0.25) is 0 Å². The van der Waals surface area contributed by atoms with Gasteiger partial charge in [-0.25, -0.2) is 4.98 Å². The normalized spacial score (nSPS) is 13.6. The molecule has 2 aromatic carbocycles. The average Bonchev–Trinajstić information content (AvgIpc) is 3.04. The number of hydrogen-bond acceptors (Lipinski definition) is 4. The minimum atomic E-state index is 0.159. The Kier molecular flexibility index (Phi) is 4.17. The molecule has 3 aromatic rings. The van der Waals surface area contributed by atoms with Gasteiger partial charge in [0, 0.05) is 6.42 Å². The van der Waals surface area contributed by atoms with E-state index in [9.17, 15) is 4.79 Å². The molecular weight excluding hydrogens is 320 g/mol. The fourth-order valence-corrected chi connectivity index (χ4v) is 3.99. The third kappa shape index (κ3) is 2.99. The molecule has 4 rings (SSSR count). The Morgan fingerprint density at radius 1 is 1.17 bits per heavy atom. The van der Waals surface area contributed by atoms with Gasteiger partial charge < -0.3 is 9.64 Å². The van der Waals surface area contributed by atoms with Crippen molar-refractivity contribution >= 4 is 33.1 Å². The first-order valence-electron chi connectivity index (χ1n) is 8.18. The second-order valence-electron chi connectivity index (χ2n) is 5.79. The van der Waals surface area contributed by atoms with Crippen LogP contribution in [-0.4, -0.2) is 24.0 Å². The molecule has 1 aromatic heterocycles. The van der Waals surface area contributed by atoms with Gasteiger partial charge in [-0.15, -0.1) is 11.3 Å². The van der Waals surface area contributed by atoms with E-state index >= 15 is 0 Å². The van der Waals surface area contributed by atoms with Crippen molar-refractivity contribution in [2.24, 2.45) is 0 Å². The van der Waals surface area contributed by atoms with E-state index in [1.165, 1.54) is 4.70 Å². The summed E-state index contributed by atoms with van der Waals surface area (Å²) in [6, 6.07) is 15.9. The zero-order valence-electron chi connectivity index (χ0n) is 13.3. The highest BCUT2D eigenvalue weighted by Crippen LogP contribution is 2.31. The first-order chi connectivity index (χ1) is 11.8. The van der Waals surface area contributed by atoms with Gasteiger partial charge in [0.15, 0.2) is 0 Å². The van der Waals surface area contributed by atoms with Crippen molar-refractivity contribution in [1.82, 2.24) is 4.98 Å². The van der Waals surface area contributed by atoms with Gasteiger partial charge in [-0.3, -0.25) is 4.79 Å². The number of thiazole rings is 1. The highest BCUT2D eigenvalue weighted by Gasteiger charge is 2.22. The van der Waals surface area contributed by atoms with Crippen molar-refractivity contribution in [3.05, 3.63) is 53.5 Å². The Bertz CT molecular complexity index is 841. The van der Waals surface area contributed by atoms with Gasteiger partial charge in [-0.05, 0) is 37.1 Å². The number of carbonyl (C=O) groups excluding carboxylic acids is 1. The molecule has 1 amide bonds. The molecule has 4 nitrogen and oxygen atoms in total. The molecule has 0 saturated carbocycles. The molecule has 1 aliphatic rings. The Balaban J connectivity index is 1.39. The second kappa shape index (κ2) is 6.61.